The summed E-state index contributed by atoms with van der Waals surface area (Å²) < 4.78 is 0. The predicted octanol–water partition coefficient (Wildman–Crippen LogP) is 1.22. The monoisotopic (exact) mass is 255 g/mol. The lowest BCUT2D eigenvalue weighted by atomic mass is 9.98. The second-order valence-corrected chi connectivity index (χ2v) is 5.22. The van der Waals surface area contributed by atoms with Crippen LogP contribution in [0.25, 0.3) is 0 Å². The van der Waals surface area contributed by atoms with Gasteiger partial charge in [-0.15, -0.1) is 0 Å². The molecule has 0 saturated carbocycles. The molecule has 1 amide bonds. The Bertz CT molecular complexity index is 233. The van der Waals surface area contributed by atoms with Crippen LogP contribution in [0.15, 0.2) is 0 Å². The maximum atomic E-state index is 11.4. The van der Waals surface area contributed by atoms with Crippen LogP contribution in [-0.2, 0) is 4.79 Å². The van der Waals surface area contributed by atoms with Gasteiger partial charge in [0.05, 0.1) is 0 Å². The minimum absolute atomic E-state index is 0.184. The third-order valence-corrected chi connectivity index (χ3v) is 3.49. The molecule has 0 spiro atoms. The first-order valence-electron chi connectivity index (χ1n) is 7.46. The molecule has 1 atom stereocenters. The maximum Gasteiger partial charge on any atom is 0.221 e. The number of piperidine rings is 1. The summed E-state index contributed by atoms with van der Waals surface area (Å²) in [7, 11) is 0. The Kier molecular flexibility index (Phi) is 8.01. The average Bonchev–Trinajstić information content (AvgIpc) is 2.38. The van der Waals surface area contributed by atoms with E-state index in [1.54, 1.807) is 0 Å². The van der Waals surface area contributed by atoms with Crippen molar-refractivity contribution < 1.29 is 4.79 Å². The van der Waals surface area contributed by atoms with Gasteiger partial charge in [-0.05, 0) is 51.7 Å². The number of nitrogens with zero attached hydrogens (tertiary/aromatic N) is 1. The first-order chi connectivity index (χ1) is 8.76. The zero-order valence-electron chi connectivity index (χ0n) is 12.0. The number of nitrogens with one attached hydrogen (secondary N) is 2. The molecule has 0 aromatic rings. The summed E-state index contributed by atoms with van der Waals surface area (Å²) in [5, 5.41) is 6.36. The van der Waals surface area contributed by atoms with Gasteiger partial charge in [0, 0.05) is 26.1 Å². The van der Waals surface area contributed by atoms with Crippen molar-refractivity contribution in [2.45, 2.75) is 39.5 Å². The number of amides is 1. The zero-order chi connectivity index (χ0) is 13.2. The van der Waals surface area contributed by atoms with Gasteiger partial charge in [0.1, 0.15) is 0 Å². The van der Waals surface area contributed by atoms with Crippen LogP contribution in [-0.4, -0.2) is 50.1 Å². The van der Waals surface area contributed by atoms with Crippen molar-refractivity contribution in [3.8, 4) is 0 Å². The summed E-state index contributed by atoms with van der Waals surface area (Å²) in [5.74, 6) is 0.947. The summed E-state index contributed by atoms with van der Waals surface area (Å²) in [5.41, 5.74) is 0. The lowest BCUT2D eigenvalue weighted by Gasteiger charge is -2.32. The van der Waals surface area contributed by atoms with Crippen LogP contribution >= 0.6 is 0 Å². The zero-order valence-corrected chi connectivity index (χ0v) is 12.0. The quantitative estimate of drug-likeness (QED) is 0.641. The fourth-order valence-corrected chi connectivity index (χ4v) is 2.55. The molecule has 1 heterocycles. The normalized spacial score (nSPS) is 20.9. The molecule has 4 nitrogen and oxygen atoms in total. The van der Waals surface area contributed by atoms with Crippen LogP contribution in [0.4, 0.5) is 0 Å². The van der Waals surface area contributed by atoms with Crippen LogP contribution in [0.2, 0.25) is 0 Å². The Hall–Kier alpha value is -0.610. The van der Waals surface area contributed by atoms with E-state index in [0.29, 0.717) is 6.42 Å². The van der Waals surface area contributed by atoms with Gasteiger partial charge in [0.2, 0.25) is 5.91 Å². The van der Waals surface area contributed by atoms with E-state index in [2.05, 4.69) is 22.5 Å². The van der Waals surface area contributed by atoms with Crippen molar-refractivity contribution in [2.75, 3.05) is 39.3 Å². The molecule has 0 aliphatic carbocycles. The molecule has 0 aromatic heterocycles. The van der Waals surface area contributed by atoms with Crippen LogP contribution in [0.5, 0.6) is 0 Å². The summed E-state index contributed by atoms with van der Waals surface area (Å²) in [4.78, 5) is 13.9. The summed E-state index contributed by atoms with van der Waals surface area (Å²) in [6.07, 6.45) is 4.44. The molecule has 1 saturated heterocycles. The molecule has 1 aliphatic heterocycles. The Morgan fingerprint density at radius 1 is 1.39 bits per heavy atom. The van der Waals surface area contributed by atoms with Crippen LogP contribution in [0, 0.1) is 5.92 Å². The van der Waals surface area contributed by atoms with Crippen molar-refractivity contribution in [2.24, 2.45) is 5.92 Å². The molecule has 106 valence electrons. The third-order valence-electron chi connectivity index (χ3n) is 3.49. The van der Waals surface area contributed by atoms with E-state index in [1.165, 1.54) is 19.3 Å². The van der Waals surface area contributed by atoms with Crippen LogP contribution in [0.3, 0.4) is 0 Å². The van der Waals surface area contributed by atoms with E-state index in [-0.39, 0.29) is 5.91 Å². The molecule has 1 rings (SSSR count). The van der Waals surface area contributed by atoms with Gasteiger partial charge in [-0.1, -0.05) is 6.92 Å². The highest BCUT2D eigenvalue weighted by Gasteiger charge is 2.19. The molecule has 1 aliphatic rings. The highest BCUT2D eigenvalue weighted by Crippen LogP contribution is 2.15. The fraction of sp³-hybridized carbons (Fsp3) is 0.929. The standard InChI is InChI=1S/C14H29N3O/c1-3-8-15-11-13-6-5-9-17(12-13)10-7-14(18)16-4-2/h13,15H,3-12H2,1-2H3,(H,16,18). The largest absolute Gasteiger partial charge is 0.356 e. The highest BCUT2D eigenvalue weighted by atomic mass is 16.1. The van der Waals surface area contributed by atoms with Crippen molar-refractivity contribution in [3.63, 3.8) is 0 Å². The van der Waals surface area contributed by atoms with Crippen molar-refractivity contribution >= 4 is 5.91 Å². The van der Waals surface area contributed by atoms with E-state index < -0.39 is 0 Å². The maximum absolute atomic E-state index is 11.4. The lowest BCUT2D eigenvalue weighted by molar-refractivity contribution is -0.121. The number of carbonyl (C=O) groups is 1. The van der Waals surface area contributed by atoms with E-state index in [0.717, 1.165) is 45.2 Å². The summed E-state index contributed by atoms with van der Waals surface area (Å²) in [6, 6.07) is 0. The Labute approximate surface area is 111 Å². The second-order valence-electron chi connectivity index (χ2n) is 5.22. The smallest absolute Gasteiger partial charge is 0.221 e. The van der Waals surface area contributed by atoms with Crippen LogP contribution in [0.1, 0.15) is 39.5 Å². The number of likely N-dealkylation sites (tertiary alicyclic amines) is 1. The second kappa shape index (κ2) is 9.34. The SMILES string of the molecule is CCCNCC1CCCN(CCC(=O)NCC)C1. The van der Waals surface area contributed by atoms with Crippen molar-refractivity contribution in [3.05, 3.63) is 0 Å². The average molecular weight is 255 g/mol. The molecule has 18 heavy (non-hydrogen) atoms. The Balaban J connectivity index is 2.16. The van der Waals surface area contributed by atoms with Gasteiger partial charge in [0.25, 0.3) is 0 Å². The first kappa shape index (κ1) is 15.4. The van der Waals surface area contributed by atoms with E-state index >= 15 is 0 Å². The molecular formula is C14H29N3O. The molecule has 0 bridgehead atoms. The number of hydrogen-bond donors (Lipinski definition) is 2. The lowest BCUT2D eigenvalue weighted by Crippen LogP contribution is -2.41. The van der Waals surface area contributed by atoms with Gasteiger partial charge in [-0.25, -0.2) is 0 Å². The van der Waals surface area contributed by atoms with Gasteiger partial charge in [-0.2, -0.15) is 0 Å². The van der Waals surface area contributed by atoms with E-state index in [1.807, 2.05) is 6.92 Å². The molecule has 1 fully saturated rings. The summed E-state index contributed by atoms with van der Waals surface area (Å²) >= 11 is 0. The molecule has 4 heteroatoms. The summed E-state index contributed by atoms with van der Waals surface area (Å²) in [6.45, 7) is 10.4. The molecule has 0 aromatic carbocycles. The predicted molar refractivity (Wildman–Crippen MR) is 75.6 cm³/mol. The minimum atomic E-state index is 0.184. The molecule has 0 radical (unpaired) electrons. The van der Waals surface area contributed by atoms with Crippen molar-refractivity contribution in [1.82, 2.24) is 15.5 Å². The van der Waals surface area contributed by atoms with Gasteiger partial charge < -0.3 is 15.5 Å². The number of hydrogen-bond acceptors (Lipinski definition) is 3. The van der Waals surface area contributed by atoms with Gasteiger partial charge in [-0.3, -0.25) is 4.79 Å². The van der Waals surface area contributed by atoms with Crippen molar-refractivity contribution in [1.29, 1.82) is 0 Å². The fourth-order valence-electron chi connectivity index (χ4n) is 2.55. The van der Waals surface area contributed by atoms with E-state index in [4.69, 9.17) is 0 Å². The molecular weight excluding hydrogens is 226 g/mol. The first-order valence-corrected chi connectivity index (χ1v) is 7.46. The minimum Gasteiger partial charge on any atom is -0.356 e. The van der Waals surface area contributed by atoms with Gasteiger partial charge in [0.15, 0.2) is 0 Å². The highest BCUT2D eigenvalue weighted by molar-refractivity contribution is 5.75. The Morgan fingerprint density at radius 2 is 2.22 bits per heavy atom. The topological polar surface area (TPSA) is 44.4 Å². The molecule has 1 unspecified atom stereocenters. The van der Waals surface area contributed by atoms with Crippen LogP contribution < -0.4 is 10.6 Å². The number of carbonyl (C=O) groups excluding carboxylic acids is 1. The molecule has 2 N–H and O–H groups in total. The Morgan fingerprint density at radius 3 is 2.94 bits per heavy atom. The number of rotatable bonds is 8. The van der Waals surface area contributed by atoms with Gasteiger partial charge >= 0.3 is 0 Å². The third kappa shape index (κ3) is 6.36. The van der Waals surface area contributed by atoms with E-state index in [9.17, 15) is 4.79 Å².